The zero-order chi connectivity index (χ0) is 26.7. The number of phenols is 1. The van der Waals surface area contributed by atoms with Crippen molar-refractivity contribution in [2.45, 2.75) is 57.3 Å². The third kappa shape index (κ3) is 9.98. The molecule has 13 heteroatoms. The number of nitrogens with one attached hydrogen (secondary N) is 3. The number of carboxylic acid groups (broad SMARTS) is 2. The maximum Gasteiger partial charge on any atom is 0.326 e. The van der Waals surface area contributed by atoms with Gasteiger partial charge in [-0.25, -0.2) is 4.79 Å². The van der Waals surface area contributed by atoms with E-state index in [1.807, 2.05) is 0 Å². The number of phenolic OH excluding ortho intramolecular Hbond substituents is 1. The van der Waals surface area contributed by atoms with Gasteiger partial charge < -0.3 is 42.1 Å². The number of aliphatic hydroxyl groups is 1. The molecular formula is C22H32N4O9. The van der Waals surface area contributed by atoms with Crippen LogP contribution in [-0.4, -0.2) is 80.9 Å². The standard InChI is InChI=1S/C22H32N4O9/c1-11(2)18(22(34)35)26-21(33)16(9-12-3-5-13(28)6-4-12)25-20(32)15(7-8-17(29)30)24-19(31)14(23)10-27/h3-6,11,14-16,18,27-28H,7-10,23H2,1-2H3,(H,24,31)(H,25,32)(H,26,33)(H,29,30)(H,34,35). The number of hydrogen-bond donors (Lipinski definition) is 8. The Bertz CT molecular complexity index is 905. The van der Waals surface area contributed by atoms with E-state index >= 15 is 0 Å². The Morgan fingerprint density at radius 2 is 1.43 bits per heavy atom. The van der Waals surface area contributed by atoms with Crippen LogP contribution >= 0.6 is 0 Å². The first-order chi connectivity index (χ1) is 16.3. The molecule has 3 amide bonds. The Kier molecular flexibility index (Phi) is 11.6. The predicted molar refractivity (Wildman–Crippen MR) is 122 cm³/mol. The van der Waals surface area contributed by atoms with Crippen molar-refractivity contribution in [1.29, 1.82) is 0 Å². The van der Waals surface area contributed by atoms with Gasteiger partial charge in [-0.15, -0.1) is 0 Å². The molecule has 0 radical (unpaired) electrons. The number of rotatable bonds is 14. The fourth-order valence-electron chi connectivity index (χ4n) is 3.02. The lowest BCUT2D eigenvalue weighted by Gasteiger charge is -2.26. The molecular weight excluding hydrogens is 464 g/mol. The van der Waals surface area contributed by atoms with Gasteiger partial charge in [-0.3, -0.25) is 19.2 Å². The molecule has 4 atom stereocenters. The summed E-state index contributed by atoms with van der Waals surface area (Å²) in [5.41, 5.74) is 5.97. The third-order valence-corrected chi connectivity index (χ3v) is 5.05. The molecule has 0 aliphatic carbocycles. The van der Waals surface area contributed by atoms with E-state index in [-0.39, 0.29) is 18.6 Å². The zero-order valence-corrected chi connectivity index (χ0v) is 19.4. The Hall–Kier alpha value is -3.71. The molecule has 9 N–H and O–H groups in total. The maximum absolute atomic E-state index is 13.0. The van der Waals surface area contributed by atoms with Crippen LogP contribution in [0.15, 0.2) is 24.3 Å². The number of hydrogen-bond acceptors (Lipinski definition) is 8. The summed E-state index contributed by atoms with van der Waals surface area (Å²) < 4.78 is 0. The van der Waals surface area contributed by atoms with Gasteiger partial charge in [0.05, 0.1) is 6.61 Å². The number of carbonyl (C=O) groups excluding carboxylic acids is 3. The van der Waals surface area contributed by atoms with E-state index in [0.717, 1.165) is 0 Å². The average Bonchev–Trinajstić information content (AvgIpc) is 2.79. The summed E-state index contributed by atoms with van der Waals surface area (Å²) in [5.74, 6) is -5.62. The van der Waals surface area contributed by atoms with Crippen molar-refractivity contribution in [3.63, 3.8) is 0 Å². The first-order valence-electron chi connectivity index (χ1n) is 10.9. The van der Waals surface area contributed by atoms with Gasteiger partial charge in [0.15, 0.2) is 0 Å². The summed E-state index contributed by atoms with van der Waals surface area (Å²) in [6, 6.07) is 0.445. The number of carbonyl (C=O) groups is 5. The van der Waals surface area contributed by atoms with Crippen molar-refractivity contribution in [2.24, 2.45) is 11.7 Å². The van der Waals surface area contributed by atoms with Gasteiger partial charge in [0.25, 0.3) is 0 Å². The number of aliphatic carboxylic acids is 2. The zero-order valence-electron chi connectivity index (χ0n) is 19.4. The van der Waals surface area contributed by atoms with Gasteiger partial charge in [-0.2, -0.15) is 0 Å². The molecule has 0 heterocycles. The van der Waals surface area contributed by atoms with Crippen molar-refractivity contribution in [3.8, 4) is 5.75 Å². The van der Waals surface area contributed by atoms with Gasteiger partial charge in [-0.05, 0) is 30.0 Å². The Balaban J connectivity index is 3.17. The fraction of sp³-hybridized carbons (Fsp3) is 0.500. The molecule has 1 aromatic carbocycles. The Labute approximate surface area is 201 Å². The number of aromatic hydroxyl groups is 1. The minimum absolute atomic E-state index is 0.0267. The van der Waals surface area contributed by atoms with E-state index in [1.165, 1.54) is 24.3 Å². The highest BCUT2D eigenvalue weighted by Gasteiger charge is 2.31. The highest BCUT2D eigenvalue weighted by atomic mass is 16.4. The van der Waals surface area contributed by atoms with Gasteiger partial charge in [-0.1, -0.05) is 26.0 Å². The molecule has 0 saturated heterocycles. The molecule has 13 nitrogen and oxygen atoms in total. The first kappa shape index (κ1) is 29.3. The summed E-state index contributed by atoms with van der Waals surface area (Å²) >= 11 is 0. The van der Waals surface area contributed by atoms with E-state index in [0.29, 0.717) is 5.56 Å². The third-order valence-electron chi connectivity index (χ3n) is 5.05. The summed E-state index contributed by atoms with van der Waals surface area (Å²) in [7, 11) is 0. The van der Waals surface area contributed by atoms with Crippen molar-refractivity contribution >= 4 is 29.7 Å². The van der Waals surface area contributed by atoms with Crippen LogP contribution in [0.1, 0.15) is 32.3 Å². The SMILES string of the molecule is CC(C)C(NC(=O)C(Cc1ccc(O)cc1)NC(=O)C(CCC(=O)O)NC(=O)C(N)CO)C(=O)O. The topological polar surface area (TPSA) is 228 Å². The van der Waals surface area contributed by atoms with Gasteiger partial charge in [0.1, 0.15) is 29.9 Å². The molecule has 0 aliphatic rings. The largest absolute Gasteiger partial charge is 0.508 e. The summed E-state index contributed by atoms with van der Waals surface area (Å²) in [6.07, 6.45) is -0.920. The lowest BCUT2D eigenvalue weighted by atomic mass is 10.0. The molecule has 4 unspecified atom stereocenters. The predicted octanol–water partition coefficient (Wildman–Crippen LogP) is -1.69. The van der Waals surface area contributed by atoms with Crippen LogP contribution < -0.4 is 21.7 Å². The normalized spacial score (nSPS) is 14.3. The second-order valence-corrected chi connectivity index (χ2v) is 8.28. The van der Waals surface area contributed by atoms with E-state index in [4.69, 9.17) is 15.9 Å². The van der Waals surface area contributed by atoms with Crippen LogP contribution in [0.4, 0.5) is 0 Å². The number of carboxylic acids is 2. The van der Waals surface area contributed by atoms with Crippen molar-refractivity contribution in [3.05, 3.63) is 29.8 Å². The highest BCUT2D eigenvalue weighted by molar-refractivity contribution is 5.94. The van der Waals surface area contributed by atoms with Crippen molar-refractivity contribution in [1.82, 2.24) is 16.0 Å². The summed E-state index contributed by atoms with van der Waals surface area (Å²) in [5, 5.41) is 44.0. The monoisotopic (exact) mass is 496 g/mol. The van der Waals surface area contributed by atoms with Crippen LogP contribution in [0.25, 0.3) is 0 Å². The quantitative estimate of drug-likeness (QED) is 0.146. The summed E-state index contributed by atoms with van der Waals surface area (Å²) in [4.78, 5) is 60.5. The van der Waals surface area contributed by atoms with E-state index < -0.39 is 72.8 Å². The van der Waals surface area contributed by atoms with E-state index in [1.54, 1.807) is 13.8 Å². The minimum atomic E-state index is -1.40. The molecule has 0 fully saturated rings. The van der Waals surface area contributed by atoms with Crippen molar-refractivity contribution < 1.29 is 44.4 Å². The minimum Gasteiger partial charge on any atom is -0.508 e. The second-order valence-electron chi connectivity index (χ2n) is 8.28. The lowest BCUT2D eigenvalue weighted by Crippen LogP contribution is -2.58. The van der Waals surface area contributed by atoms with Gasteiger partial charge >= 0.3 is 11.9 Å². The summed E-state index contributed by atoms with van der Waals surface area (Å²) in [6.45, 7) is 2.47. The number of nitrogens with two attached hydrogens (primary N) is 1. The number of aliphatic hydroxyl groups excluding tert-OH is 1. The molecule has 0 saturated carbocycles. The van der Waals surface area contributed by atoms with Gasteiger partial charge in [0.2, 0.25) is 17.7 Å². The van der Waals surface area contributed by atoms with E-state index in [2.05, 4.69) is 16.0 Å². The van der Waals surface area contributed by atoms with Crippen LogP contribution in [0.5, 0.6) is 5.75 Å². The van der Waals surface area contributed by atoms with E-state index in [9.17, 15) is 34.2 Å². The Morgan fingerprint density at radius 1 is 0.886 bits per heavy atom. The molecule has 0 bridgehead atoms. The molecule has 35 heavy (non-hydrogen) atoms. The molecule has 1 aromatic rings. The first-order valence-corrected chi connectivity index (χ1v) is 10.9. The number of amides is 3. The van der Waals surface area contributed by atoms with Crippen LogP contribution in [0.2, 0.25) is 0 Å². The highest BCUT2D eigenvalue weighted by Crippen LogP contribution is 2.13. The molecule has 0 aromatic heterocycles. The molecule has 0 spiro atoms. The average molecular weight is 497 g/mol. The van der Waals surface area contributed by atoms with Gasteiger partial charge in [0, 0.05) is 12.8 Å². The second kappa shape index (κ2) is 13.9. The lowest BCUT2D eigenvalue weighted by molar-refractivity contribution is -0.143. The van der Waals surface area contributed by atoms with Crippen molar-refractivity contribution in [2.75, 3.05) is 6.61 Å². The Morgan fingerprint density at radius 3 is 1.91 bits per heavy atom. The van der Waals surface area contributed by atoms with Crippen LogP contribution in [0, 0.1) is 5.92 Å². The fourth-order valence-corrected chi connectivity index (χ4v) is 3.02. The molecule has 0 aliphatic heterocycles. The molecule has 194 valence electrons. The molecule has 1 rings (SSSR count). The maximum atomic E-state index is 13.0. The number of benzene rings is 1. The van der Waals surface area contributed by atoms with Crippen LogP contribution in [0.3, 0.4) is 0 Å². The smallest absolute Gasteiger partial charge is 0.326 e. The van der Waals surface area contributed by atoms with Crippen LogP contribution in [-0.2, 0) is 30.4 Å².